The van der Waals surface area contributed by atoms with Crippen LogP contribution in [0, 0.1) is 0 Å². The Morgan fingerprint density at radius 1 is 1.08 bits per heavy atom. The van der Waals surface area contributed by atoms with Gasteiger partial charge < -0.3 is 24.8 Å². The zero-order valence-corrected chi connectivity index (χ0v) is 19.2. The van der Waals surface area contributed by atoms with Crippen LogP contribution in [0.25, 0.3) is 0 Å². The summed E-state index contributed by atoms with van der Waals surface area (Å²) in [6.07, 6.45) is 0.862. The van der Waals surface area contributed by atoms with Crippen LogP contribution in [0.15, 0.2) is 23.2 Å². The van der Waals surface area contributed by atoms with Crippen molar-refractivity contribution in [2.75, 3.05) is 40.5 Å². The molecule has 150 valence electrons. The summed E-state index contributed by atoms with van der Waals surface area (Å²) < 4.78 is 16.7. The highest BCUT2D eigenvalue weighted by Gasteiger charge is 2.16. The van der Waals surface area contributed by atoms with Gasteiger partial charge in [-0.15, -0.1) is 24.0 Å². The van der Waals surface area contributed by atoms with Crippen LogP contribution in [0.1, 0.15) is 33.3 Å². The first-order valence-electron chi connectivity index (χ1n) is 8.84. The maximum absolute atomic E-state index is 5.67. The molecule has 0 aromatic heterocycles. The van der Waals surface area contributed by atoms with E-state index in [1.807, 2.05) is 39.8 Å². The minimum atomic E-state index is -0.237. The highest BCUT2D eigenvalue weighted by atomic mass is 127. The Labute approximate surface area is 175 Å². The van der Waals surface area contributed by atoms with Gasteiger partial charge in [0.05, 0.1) is 18.8 Å². The third-order valence-corrected chi connectivity index (χ3v) is 3.77. The summed E-state index contributed by atoms with van der Waals surface area (Å²) in [5.41, 5.74) is 0.950. The second-order valence-corrected chi connectivity index (χ2v) is 6.21. The molecule has 0 radical (unpaired) electrons. The highest BCUT2D eigenvalue weighted by molar-refractivity contribution is 14.0. The van der Waals surface area contributed by atoms with Crippen molar-refractivity contribution < 1.29 is 14.2 Å². The van der Waals surface area contributed by atoms with Crippen LogP contribution < -0.4 is 20.1 Å². The number of methoxy groups -OCH3 is 1. The Balaban J connectivity index is 0.00000625. The number of nitrogens with zero attached hydrogens (tertiary/aromatic N) is 1. The van der Waals surface area contributed by atoms with Gasteiger partial charge in [0, 0.05) is 27.2 Å². The van der Waals surface area contributed by atoms with E-state index in [0.29, 0.717) is 19.8 Å². The van der Waals surface area contributed by atoms with Crippen LogP contribution in [0.3, 0.4) is 0 Å². The molecule has 0 bridgehead atoms. The van der Waals surface area contributed by atoms with E-state index in [0.717, 1.165) is 30.4 Å². The zero-order valence-electron chi connectivity index (χ0n) is 16.8. The second-order valence-electron chi connectivity index (χ2n) is 6.21. The Hall–Kier alpha value is -1.22. The zero-order chi connectivity index (χ0) is 18.7. The van der Waals surface area contributed by atoms with E-state index in [1.54, 1.807) is 14.2 Å². The summed E-state index contributed by atoms with van der Waals surface area (Å²) in [5, 5.41) is 6.59. The lowest BCUT2D eigenvalue weighted by molar-refractivity contribution is 0.0268. The SMILES string of the molecule is CCOc1ccc(CCNC(=NC)NCC(C)(C)OC)cc1OCC.I. The first-order chi connectivity index (χ1) is 12.0. The molecule has 0 spiro atoms. The van der Waals surface area contributed by atoms with E-state index < -0.39 is 0 Å². The van der Waals surface area contributed by atoms with Gasteiger partial charge in [-0.3, -0.25) is 4.99 Å². The first-order valence-corrected chi connectivity index (χ1v) is 8.84. The van der Waals surface area contributed by atoms with E-state index in [2.05, 4.69) is 21.7 Å². The molecule has 0 amide bonds. The molecule has 1 aromatic carbocycles. The number of benzene rings is 1. The molecular weight excluding hydrogens is 445 g/mol. The van der Waals surface area contributed by atoms with Gasteiger partial charge in [0.1, 0.15) is 0 Å². The van der Waals surface area contributed by atoms with Crippen LogP contribution in [0.4, 0.5) is 0 Å². The van der Waals surface area contributed by atoms with Crippen LogP contribution >= 0.6 is 24.0 Å². The van der Waals surface area contributed by atoms with Gasteiger partial charge in [0.2, 0.25) is 0 Å². The molecule has 2 N–H and O–H groups in total. The summed E-state index contributed by atoms with van der Waals surface area (Å²) in [6.45, 7) is 10.7. The van der Waals surface area contributed by atoms with Gasteiger partial charge in [-0.25, -0.2) is 0 Å². The monoisotopic (exact) mass is 479 g/mol. The molecule has 7 heteroatoms. The lowest BCUT2D eigenvalue weighted by Gasteiger charge is -2.24. The molecule has 0 saturated heterocycles. The van der Waals surface area contributed by atoms with Crippen molar-refractivity contribution in [3.05, 3.63) is 23.8 Å². The molecule has 0 aliphatic rings. The molecule has 0 aliphatic carbocycles. The average Bonchev–Trinajstić information content (AvgIpc) is 2.60. The minimum absolute atomic E-state index is 0. The molecule has 6 nitrogen and oxygen atoms in total. The molecule has 0 aliphatic heterocycles. The van der Waals surface area contributed by atoms with Crippen molar-refractivity contribution in [2.45, 2.75) is 39.7 Å². The molecule has 0 unspecified atom stereocenters. The smallest absolute Gasteiger partial charge is 0.191 e. The lowest BCUT2D eigenvalue weighted by atomic mass is 10.1. The third kappa shape index (κ3) is 8.93. The van der Waals surface area contributed by atoms with Crippen LogP contribution in [-0.4, -0.2) is 52.0 Å². The molecule has 1 aromatic rings. The highest BCUT2D eigenvalue weighted by Crippen LogP contribution is 2.28. The largest absolute Gasteiger partial charge is 0.490 e. The molecule has 0 saturated carbocycles. The number of hydrogen-bond donors (Lipinski definition) is 2. The number of nitrogens with one attached hydrogen (secondary N) is 2. The van der Waals surface area contributed by atoms with E-state index in [4.69, 9.17) is 14.2 Å². The maximum Gasteiger partial charge on any atom is 0.191 e. The van der Waals surface area contributed by atoms with Crippen LogP contribution in [0.5, 0.6) is 11.5 Å². The summed E-state index contributed by atoms with van der Waals surface area (Å²) in [4.78, 5) is 4.24. The fourth-order valence-electron chi connectivity index (χ4n) is 2.17. The topological polar surface area (TPSA) is 64.1 Å². The normalized spacial score (nSPS) is 11.5. The van der Waals surface area contributed by atoms with Gasteiger partial charge in [-0.1, -0.05) is 6.07 Å². The van der Waals surface area contributed by atoms with Crippen molar-refractivity contribution in [3.63, 3.8) is 0 Å². The van der Waals surface area contributed by atoms with Crippen molar-refractivity contribution in [2.24, 2.45) is 4.99 Å². The molecule has 0 heterocycles. The summed E-state index contributed by atoms with van der Waals surface area (Å²) >= 11 is 0. The predicted octanol–water partition coefficient (Wildman–Crippen LogP) is 3.23. The number of ether oxygens (including phenoxy) is 3. The van der Waals surface area contributed by atoms with E-state index in [1.165, 1.54) is 5.56 Å². The van der Waals surface area contributed by atoms with Gasteiger partial charge in [-0.2, -0.15) is 0 Å². The standard InChI is InChI=1S/C19H33N3O3.HI/c1-7-24-16-10-9-15(13-17(16)25-8-2)11-12-21-18(20-5)22-14-19(3,4)23-6;/h9-10,13H,7-8,11-12,14H2,1-6H3,(H2,20,21,22);1H. The molecular formula is C19H34IN3O3. The number of hydrogen-bond acceptors (Lipinski definition) is 4. The van der Waals surface area contributed by atoms with E-state index >= 15 is 0 Å². The van der Waals surface area contributed by atoms with Crippen molar-refractivity contribution in [1.82, 2.24) is 10.6 Å². The van der Waals surface area contributed by atoms with Crippen LogP contribution in [-0.2, 0) is 11.2 Å². The number of halogens is 1. The number of rotatable bonds is 10. The first kappa shape index (κ1) is 24.8. The van der Waals surface area contributed by atoms with Gasteiger partial charge in [0.25, 0.3) is 0 Å². The number of guanidine groups is 1. The number of aliphatic imine (C=N–C) groups is 1. The molecule has 1 rings (SSSR count). The van der Waals surface area contributed by atoms with Gasteiger partial charge in [0.15, 0.2) is 17.5 Å². The molecule has 0 atom stereocenters. The Morgan fingerprint density at radius 2 is 1.73 bits per heavy atom. The van der Waals surface area contributed by atoms with Crippen molar-refractivity contribution in [1.29, 1.82) is 0 Å². The second kappa shape index (κ2) is 13.0. The summed E-state index contributed by atoms with van der Waals surface area (Å²) in [6, 6.07) is 6.08. The molecule has 26 heavy (non-hydrogen) atoms. The van der Waals surface area contributed by atoms with E-state index in [9.17, 15) is 0 Å². The average molecular weight is 479 g/mol. The van der Waals surface area contributed by atoms with Gasteiger partial charge in [-0.05, 0) is 51.8 Å². The minimum Gasteiger partial charge on any atom is -0.490 e. The summed E-state index contributed by atoms with van der Waals surface area (Å²) in [5.74, 6) is 2.35. The Bertz CT molecular complexity index is 551. The van der Waals surface area contributed by atoms with Crippen LogP contribution in [0.2, 0.25) is 0 Å². The van der Waals surface area contributed by atoms with Gasteiger partial charge >= 0.3 is 0 Å². The third-order valence-electron chi connectivity index (χ3n) is 3.77. The quantitative estimate of drug-likeness (QED) is 0.307. The molecule has 0 fully saturated rings. The predicted molar refractivity (Wildman–Crippen MR) is 118 cm³/mol. The fourth-order valence-corrected chi connectivity index (χ4v) is 2.17. The fraction of sp³-hybridized carbons (Fsp3) is 0.632. The lowest BCUT2D eigenvalue weighted by Crippen LogP contribution is -2.45. The van der Waals surface area contributed by atoms with Crippen molar-refractivity contribution >= 4 is 29.9 Å². The Kier molecular flexibility index (Phi) is 12.4. The summed E-state index contributed by atoms with van der Waals surface area (Å²) in [7, 11) is 3.47. The van der Waals surface area contributed by atoms with Crippen molar-refractivity contribution in [3.8, 4) is 11.5 Å². The maximum atomic E-state index is 5.67. The van der Waals surface area contributed by atoms with E-state index in [-0.39, 0.29) is 29.6 Å². The Morgan fingerprint density at radius 3 is 2.31 bits per heavy atom.